The molecule has 0 radical (unpaired) electrons. The van der Waals surface area contributed by atoms with E-state index in [1.54, 1.807) is 25.2 Å². The molecule has 0 aromatic heterocycles. The molecule has 2 aliphatic rings. The number of benzene rings is 2. The largest absolute Gasteiger partial charge is 0.508 e. The van der Waals surface area contributed by atoms with Gasteiger partial charge in [0.1, 0.15) is 23.1 Å². The Hall–Kier alpha value is -2.27. The molecule has 3 atom stereocenters. The Morgan fingerprint density at radius 1 is 1.09 bits per heavy atom. The van der Waals surface area contributed by atoms with Gasteiger partial charge in [0.15, 0.2) is 0 Å². The van der Waals surface area contributed by atoms with E-state index in [9.17, 15) is 14.7 Å². The zero-order valence-corrected chi connectivity index (χ0v) is 22.3. The van der Waals surface area contributed by atoms with Crippen LogP contribution in [0.2, 0.25) is 25.7 Å². The Morgan fingerprint density at radius 2 is 1.76 bits per heavy atom. The number of phenolic OH excluding ortho intramolecular Hbond substituents is 1. The smallest absolute Gasteiger partial charge is 0.314 e. The quantitative estimate of drug-likeness (QED) is 0.103. The Balaban J connectivity index is 2.09. The summed E-state index contributed by atoms with van der Waals surface area (Å²) in [5.41, 5.74) is 7.61. The Kier molecular flexibility index (Phi) is 8.50. The molecule has 2 aromatic carbocycles. The Bertz CT molecular complexity index is 1060. The van der Waals surface area contributed by atoms with Crippen molar-refractivity contribution in [3.8, 4) is 5.75 Å². The van der Waals surface area contributed by atoms with Crippen LogP contribution in [0.25, 0.3) is 10.8 Å². The van der Waals surface area contributed by atoms with E-state index in [2.05, 4.69) is 48.4 Å². The molecule has 2 aliphatic carbocycles. The van der Waals surface area contributed by atoms with E-state index in [0.717, 1.165) is 11.4 Å². The van der Waals surface area contributed by atoms with Gasteiger partial charge in [-0.2, -0.15) is 0 Å². The summed E-state index contributed by atoms with van der Waals surface area (Å²) >= 11 is 4.36. The standard InChI is InChI=1S/C24H35N3O5SSi/c1-6-9-31-23(30)21-19-16-12-14(28)7-8-15(16)17(13-18(19)26-27-24(33)25-2)20(21)22(29)32-10-11-34(3,4)5/h7-8,12-13,20-21,24-28,33H,6,9-11H2,1-5H3/t20?,21-,24?/m1/s1. The number of ether oxygens (including phenoxy) is 2. The van der Waals surface area contributed by atoms with Crippen molar-refractivity contribution in [2.45, 2.75) is 56.4 Å². The van der Waals surface area contributed by atoms with E-state index in [-0.39, 0.29) is 17.9 Å². The minimum Gasteiger partial charge on any atom is -0.508 e. The van der Waals surface area contributed by atoms with Crippen molar-refractivity contribution in [3.63, 3.8) is 0 Å². The number of rotatable bonds is 11. The number of hydrazine groups is 1. The number of fused-ring (bicyclic) bond motifs is 2. The summed E-state index contributed by atoms with van der Waals surface area (Å²) < 4.78 is 11.2. The highest BCUT2D eigenvalue weighted by molar-refractivity contribution is 7.80. The van der Waals surface area contributed by atoms with E-state index >= 15 is 0 Å². The van der Waals surface area contributed by atoms with E-state index in [0.29, 0.717) is 35.2 Å². The van der Waals surface area contributed by atoms with Crippen molar-refractivity contribution in [1.82, 2.24) is 10.7 Å². The van der Waals surface area contributed by atoms with Crippen LogP contribution < -0.4 is 16.2 Å². The third-order valence-electron chi connectivity index (χ3n) is 5.84. The maximum absolute atomic E-state index is 13.4. The SMILES string of the molecule is CCCOC(=O)[C@@H]1c2c(NNC(S)NC)cc(c3ccc(O)cc23)C1C(=O)OCC[Si](C)(C)C. The molecule has 8 nitrogen and oxygen atoms in total. The van der Waals surface area contributed by atoms with Gasteiger partial charge < -0.3 is 20.0 Å². The molecular formula is C24H35N3O5SSi. The van der Waals surface area contributed by atoms with E-state index in [1.165, 1.54) is 0 Å². The number of carbonyl (C=O) groups is 2. The molecule has 0 amide bonds. The van der Waals surface area contributed by atoms with E-state index < -0.39 is 31.8 Å². The van der Waals surface area contributed by atoms with Crippen LogP contribution in [0.1, 0.15) is 36.3 Å². The van der Waals surface area contributed by atoms with Gasteiger partial charge in [-0.25, -0.2) is 5.43 Å². The second-order valence-electron chi connectivity index (χ2n) is 9.72. The topological polar surface area (TPSA) is 109 Å². The first-order valence-corrected chi connectivity index (χ1v) is 15.8. The van der Waals surface area contributed by atoms with Crippen molar-refractivity contribution in [2.24, 2.45) is 0 Å². The van der Waals surface area contributed by atoms with Crippen LogP contribution in [0, 0.1) is 0 Å². The molecule has 2 aromatic rings. The first-order valence-electron chi connectivity index (χ1n) is 11.6. The molecule has 4 N–H and O–H groups in total. The number of hydrogen-bond acceptors (Lipinski definition) is 9. The molecule has 2 unspecified atom stereocenters. The molecule has 0 heterocycles. The minimum atomic E-state index is -1.40. The number of esters is 2. The molecular weight excluding hydrogens is 470 g/mol. The van der Waals surface area contributed by atoms with Gasteiger partial charge >= 0.3 is 11.9 Å². The summed E-state index contributed by atoms with van der Waals surface area (Å²) in [6.07, 6.45) is 0.666. The fourth-order valence-corrected chi connectivity index (χ4v) is 4.86. The monoisotopic (exact) mass is 505 g/mol. The minimum absolute atomic E-state index is 0.0731. The van der Waals surface area contributed by atoms with Crippen molar-refractivity contribution in [2.75, 3.05) is 25.7 Å². The van der Waals surface area contributed by atoms with Crippen LogP contribution in [-0.4, -0.2) is 50.9 Å². The number of anilines is 1. The van der Waals surface area contributed by atoms with Crippen LogP contribution in [0.4, 0.5) is 5.69 Å². The second kappa shape index (κ2) is 11.0. The van der Waals surface area contributed by atoms with E-state index in [4.69, 9.17) is 9.47 Å². The highest BCUT2D eigenvalue weighted by Crippen LogP contribution is 2.51. The summed E-state index contributed by atoms with van der Waals surface area (Å²) in [7, 11) is 0.352. The normalized spacial score (nSPS) is 18.1. The molecule has 2 bridgehead atoms. The average Bonchev–Trinajstić information content (AvgIpc) is 2.79. The number of nitrogens with one attached hydrogen (secondary N) is 3. The fourth-order valence-electron chi connectivity index (χ4n) is 4.08. The van der Waals surface area contributed by atoms with Gasteiger partial charge in [0.2, 0.25) is 0 Å². The molecule has 186 valence electrons. The lowest BCUT2D eigenvalue weighted by atomic mass is 9.71. The molecule has 34 heavy (non-hydrogen) atoms. The Morgan fingerprint density at radius 3 is 2.41 bits per heavy atom. The highest BCUT2D eigenvalue weighted by Gasteiger charge is 2.46. The second-order valence-corrected chi connectivity index (χ2v) is 15.9. The molecule has 0 saturated heterocycles. The van der Waals surface area contributed by atoms with Crippen molar-refractivity contribution < 1.29 is 24.2 Å². The maximum Gasteiger partial charge on any atom is 0.314 e. The van der Waals surface area contributed by atoms with Gasteiger partial charge in [0.05, 0.1) is 18.9 Å². The zero-order valence-electron chi connectivity index (χ0n) is 20.4. The lowest BCUT2D eigenvalue weighted by molar-refractivity contribution is -0.154. The van der Waals surface area contributed by atoms with Crippen molar-refractivity contribution >= 4 is 49.1 Å². The summed E-state index contributed by atoms with van der Waals surface area (Å²) in [6.45, 7) is 9.15. The van der Waals surface area contributed by atoms with E-state index in [1.807, 2.05) is 13.0 Å². The third kappa shape index (κ3) is 5.86. The Labute approximate surface area is 207 Å². The number of thiol groups is 1. The zero-order chi connectivity index (χ0) is 25.0. The van der Waals surface area contributed by atoms with Crippen LogP contribution >= 0.6 is 12.6 Å². The molecule has 0 fully saturated rings. The highest BCUT2D eigenvalue weighted by atomic mass is 32.1. The number of hydrogen-bond donors (Lipinski definition) is 5. The molecule has 0 aliphatic heterocycles. The lowest BCUT2D eigenvalue weighted by Gasteiger charge is -2.35. The third-order valence-corrected chi connectivity index (χ3v) is 7.93. The summed E-state index contributed by atoms with van der Waals surface area (Å²) in [6, 6.07) is 7.65. The van der Waals surface area contributed by atoms with Gasteiger partial charge in [-0.1, -0.05) is 32.6 Å². The molecule has 4 rings (SSSR count). The number of phenols is 1. The predicted molar refractivity (Wildman–Crippen MR) is 140 cm³/mol. The van der Waals surface area contributed by atoms with Gasteiger partial charge in [-0.05, 0) is 59.6 Å². The summed E-state index contributed by atoms with van der Waals surface area (Å²) in [5, 5.41) is 14.6. The van der Waals surface area contributed by atoms with Crippen molar-refractivity contribution in [3.05, 3.63) is 35.4 Å². The van der Waals surface area contributed by atoms with Crippen LogP contribution in [0.15, 0.2) is 24.3 Å². The average molecular weight is 506 g/mol. The van der Waals surface area contributed by atoms with Crippen LogP contribution in [-0.2, 0) is 19.1 Å². The molecule has 0 saturated carbocycles. The summed E-state index contributed by atoms with van der Waals surface area (Å²) in [4.78, 5) is 26.7. The number of carbonyl (C=O) groups excluding carboxylic acids is 2. The number of aromatic hydroxyl groups is 1. The molecule has 10 heteroatoms. The van der Waals surface area contributed by atoms with Gasteiger partial charge in [-0.3, -0.25) is 14.9 Å². The van der Waals surface area contributed by atoms with Crippen molar-refractivity contribution in [1.29, 1.82) is 0 Å². The van der Waals surface area contributed by atoms with Gasteiger partial charge in [0, 0.05) is 8.07 Å². The fraction of sp³-hybridized carbons (Fsp3) is 0.500. The van der Waals surface area contributed by atoms with Crippen LogP contribution in [0.3, 0.4) is 0 Å². The van der Waals surface area contributed by atoms with Gasteiger partial charge in [-0.15, -0.1) is 12.6 Å². The van der Waals surface area contributed by atoms with Gasteiger partial charge in [0.25, 0.3) is 0 Å². The predicted octanol–water partition coefficient (Wildman–Crippen LogP) is 3.91. The first kappa shape index (κ1) is 26.3. The summed E-state index contributed by atoms with van der Waals surface area (Å²) in [5.74, 6) is -2.56. The first-order chi connectivity index (χ1) is 16.1. The molecule has 0 spiro atoms. The van der Waals surface area contributed by atoms with Crippen LogP contribution in [0.5, 0.6) is 5.75 Å². The lowest BCUT2D eigenvalue weighted by Crippen LogP contribution is -2.41. The maximum atomic E-state index is 13.4.